The fraction of sp³-hybridized carbons (Fsp3) is 0.500. The minimum absolute atomic E-state index is 0.0103. The predicted molar refractivity (Wildman–Crippen MR) is 55.5 cm³/mol. The Labute approximate surface area is 88.2 Å². The Morgan fingerprint density at radius 2 is 2.36 bits per heavy atom. The minimum atomic E-state index is 0.0103. The van der Waals surface area contributed by atoms with Crippen LogP contribution in [-0.2, 0) is 0 Å². The molecule has 2 rings (SSSR count). The molecule has 1 aromatic heterocycles. The van der Waals surface area contributed by atoms with E-state index >= 15 is 0 Å². The number of rotatable bonds is 3. The lowest BCUT2D eigenvalue weighted by atomic mass is 10.1. The van der Waals surface area contributed by atoms with Gasteiger partial charge in [0, 0.05) is 17.8 Å². The van der Waals surface area contributed by atoms with Crippen molar-refractivity contribution in [3.8, 4) is 5.88 Å². The zero-order chi connectivity index (χ0) is 10.1. The average molecular weight is 213 g/mol. The molecule has 1 saturated carbocycles. The smallest absolute Gasteiger partial charge is 0.217 e. The van der Waals surface area contributed by atoms with E-state index in [0.29, 0.717) is 16.8 Å². The molecule has 1 aliphatic carbocycles. The first kappa shape index (κ1) is 9.74. The van der Waals surface area contributed by atoms with E-state index in [1.54, 1.807) is 13.3 Å². The van der Waals surface area contributed by atoms with Crippen LogP contribution in [0.15, 0.2) is 12.3 Å². The summed E-state index contributed by atoms with van der Waals surface area (Å²) in [6.07, 6.45) is 3.96. The molecule has 1 fully saturated rings. The molecule has 14 heavy (non-hydrogen) atoms. The number of hydrogen-bond acceptors (Lipinski definition) is 3. The van der Waals surface area contributed by atoms with Crippen LogP contribution in [0.4, 0.5) is 0 Å². The average Bonchev–Trinajstić information content (AvgIpc) is 3.00. The molecule has 0 amide bonds. The molecule has 76 valence electrons. The van der Waals surface area contributed by atoms with Crippen LogP contribution < -0.4 is 10.5 Å². The molecule has 0 unspecified atom stereocenters. The van der Waals surface area contributed by atoms with Gasteiger partial charge in [0.1, 0.15) is 0 Å². The van der Waals surface area contributed by atoms with Crippen molar-refractivity contribution in [2.75, 3.05) is 7.11 Å². The molecule has 0 bridgehead atoms. The van der Waals surface area contributed by atoms with Crippen LogP contribution >= 0.6 is 11.6 Å². The number of nitrogens with two attached hydrogens (primary N) is 1. The van der Waals surface area contributed by atoms with Gasteiger partial charge in [-0.15, -0.1) is 0 Å². The van der Waals surface area contributed by atoms with Crippen molar-refractivity contribution in [3.63, 3.8) is 0 Å². The number of nitrogens with zero attached hydrogens (tertiary/aromatic N) is 1. The van der Waals surface area contributed by atoms with Gasteiger partial charge in [-0.05, 0) is 24.8 Å². The zero-order valence-electron chi connectivity index (χ0n) is 8.03. The standard InChI is InChI=1S/C10H13ClN2O/c1-14-10-8(4-7(11)5-13-10)9(12)6-2-3-6/h4-6,9H,2-3,12H2,1H3/t9-/m0/s1. The molecule has 1 heterocycles. The van der Waals surface area contributed by atoms with E-state index in [4.69, 9.17) is 22.1 Å². The summed E-state index contributed by atoms with van der Waals surface area (Å²) in [5.74, 6) is 1.16. The topological polar surface area (TPSA) is 48.1 Å². The first-order valence-electron chi connectivity index (χ1n) is 4.67. The van der Waals surface area contributed by atoms with E-state index < -0.39 is 0 Å². The third-order valence-corrected chi connectivity index (χ3v) is 2.73. The van der Waals surface area contributed by atoms with E-state index in [9.17, 15) is 0 Å². The Morgan fingerprint density at radius 3 is 2.93 bits per heavy atom. The highest BCUT2D eigenvalue weighted by Crippen LogP contribution is 2.41. The number of pyridine rings is 1. The Bertz CT molecular complexity index is 339. The maximum absolute atomic E-state index is 6.07. The molecule has 3 nitrogen and oxygen atoms in total. The second kappa shape index (κ2) is 3.75. The third-order valence-electron chi connectivity index (χ3n) is 2.53. The lowest BCUT2D eigenvalue weighted by Crippen LogP contribution is -2.14. The largest absolute Gasteiger partial charge is 0.481 e. The van der Waals surface area contributed by atoms with Crippen LogP contribution in [-0.4, -0.2) is 12.1 Å². The van der Waals surface area contributed by atoms with Gasteiger partial charge in [-0.3, -0.25) is 0 Å². The van der Waals surface area contributed by atoms with Gasteiger partial charge >= 0.3 is 0 Å². The lowest BCUT2D eigenvalue weighted by Gasteiger charge is -2.13. The maximum Gasteiger partial charge on any atom is 0.217 e. The fourth-order valence-corrected chi connectivity index (χ4v) is 1.73. The molecule has 2 N–H and O–H groups in total. The van der Waals surface area contributed by atoms with Crippen LogP contribution in [0, 0.1) is 5.92 Å². The highest BCUT2D eigenvalue weighted by Gasteiger charge is 2.31. The number of halogens is 1. The minimum Gasteiger partial charge on any atom is -0.481 e. The van der Waals surface area contributed by atoms with E-state index in [0.717, 1.165) is 5.56 Å². The van der Waals surface area contributed by atoms with Crippen molar-refractivity contribution in [1.82, 2.24) is 4.98 Å². The van der Waals surface area contributed by atoms with Crippen molar-refractivity contribution in [2.45, 2.75) is 18.9 Å². The summed E-state index contributed by atoms with van der Waals surface area (Å²) in [6, 6.07) is 1.85. The Hall–Kier alpha value is -0.800. The van der Waals surface area contributed by atoms with Gasteiger partial charge in [-0.2, -0.15) is 0 Å². The summed E-state index contributed by atoms with van der Waals surface area (Å²) in [6.45, 7) is 0. The molecule has 4 heteroatoms. The van der Waals surface area contributed by atoms with Crippen LogP contribution in [0.2, 0.25) is 5.02 Å². The van der Waals surface area contributed by atoms with Crippen molar-refractivity contribution in [2.24, 2.45) is 11.7 Å². The fourth-order valence-electron chi connectivity index (χ4n) is 1.56. The van der Waals surface area contributed by atoms with E-state index in [2.05, 4.69) is 4.98 Å². The quantitative estimate of drug-likeness (QED) is 0.835. The predicted octanol–water partition coefficient (Wildman–Crippen LogP) is 2.15. The van der Waals surface area contributed by atoms with Gasteiger partial charge in [-0.1, -0.05) is 11.6 Å². The van der Waals surface area contributed by atoms with Crippen molar-refractivity contribution in [1.29, 1.82) is 0 Å². The second-order valence-electron chi connectivity index (χ2n) is 3.62. The Balaban J connectivity index is 2.32. The van der Waals surface area contributed by atoms with Crippen LogP contribution in [0.1, 0.15) is 24.4 Å². The summed E-state index contributed by atoms with van der Waals surface area (Å²) in [4.78, 5) is 4.09. The molecule has 0 radical (unpaired) electrons. The summed E-state index contributed by atoms with van der Waals surface area (Å²) in [5, 5.41) is 0.608. The number of hydrogen-bond donors (Lipinski definition) is 1. The monoisotopic (exact) mass is 212 g/mol. The second-order valence-corrected chi connectivity index (χ2v) is 4.05. The summed E-state index contributed by atoms with van der Waals surface area (Å²) >= 11 is 5.87. The van der Waals surface area contributed by atoms with Gasteiger partial charge in [-0.25, -0.2) is 4.98 Å². The van der Waals surface area contributed by atoms with Gasteiger partial charge < -0.3 is 10.5 Å². The first-order valence-corrected chi connectivity index (χ1v) is 5.05. The Morgan fingerprint density at radius 1 is 1.64 bits per heavy atom. The molecular formula is C10H13ClN2O. The van der Waals surface area contributed by atoms with E-state index in [1.807, 2.05) is 6.07 Å². The highest BCUT2D eigenvalue weighted by atomic mass is 35.5. The van der Waals surface area contributed by atoms with Gasteiger partial charge in [0.05, 0.1) is 12.1 Å². The first-order chi connectivity index (χ1) is 6.72. The summed E-state index contributed by atoms with van der Waals surface area (Å²) < 4.78 is 5.15. The molecule has 0 spiro atoms. The van der Waals surface area contributed by atoms with Crippen LogP contribution in [0.3, 0.4) is 0 Å². The molecule has 0 aliphatic heterocycles. The van der Waals surface area contributed by atoms with Crippen LogP contribution in [0.25, 0.3) is 0 Å². The van der Waals surface area contributed by atoms with Crippen molar-refractivity contribution in [3.05, 3.63) is 22.8 Å². The van der Waals surface area contributed by atoms with Crippen molar-refractivity contribution >= 4 is 11.6 Å². The zero-order valence-corrected chi connectivity index (χ0v) is 8.79. The highest BCUT2D eigenvalue weighted by molar-refractivity contribution is 6.30. The molecule has 1 aliphatic rings. The lowest BCUT2D eigenvalue weighted by molar-refractivity contribution is 0.386. The van der Waals surface area contributed by atoms with Crippen LogP contribution in [0.5, 0.6) is 5.88 Å². The number of aromatic nitrogens is 1. The van der Waals surface area contributed by atoms with Gasteiger partial charge in [0.15, 0.2) is 0 Å². The van der Waals surface area contributed by atoms with Gasteiger partial charge in [0.2, 0.25) is 5.88 Å². The number of methoxy groups -OCH3 is 1. The third kappa shape index (κ3) is 1.83. The Kier molecular flexibility index (Phi) is 2.61. The van der Waals surface area contributed by atoms with Crippen molar-refractivity contribution < 1.29 is 4.74 Å². The normalized spacial score (nSPS) is 17.9. The maximum atomic E-state index is 6.07. The van der Waals surface area contributed by atoms with Gasteiger partial charge in [0.25, 0.3) is 0 Å². The number of ether oxygens (including phenoxy) is 1. The molecule has 1 atom stereocenters. The SMILES string of the molecule is COc1ncc(Cl)cc1[C@@H](N)C1CC1. The molecule has 0 saturated heterocycles. The molecule has 0 aromatic carbocycles. The summed E-state index contributed by atoms with van der Waals surface area (Å²) in [5.41, 5.74) is 6.99. The molecule has 1 aromatic rings. The molecular weight excluding hydrogens is 200 g/mol. The summed E-state index contributed by atoms with van der Waals surface area (Å²) in [7, 11) is 1.60. The van der Waals surface area contributed by atoms with E-state index in [1.165, 1.54) is 12.8 Å². The van der Waals surface area contributed by atoms with E-state index in [-0.39, 0.29) is 6.04 Å².